The van der Waals surface area contributed by atoms with Crippen LogP contribution in [-0.4, -0.2) is 19.9 Å². The van der Waals surface area contributed by atoms with Gasteiger partial charge in [0.05, 0.1) is 17.3 Å². The van der Waals surface area contributed by atoms with E-state index in [9.17, 15) is 0 Å². The SMILES string of the molecule is Cc1ccn(-c2cc(CO)c(Cl)cn2)n1. The molecule has 1 N–H and O–H groups in total. The van der Waals surface area contributed by atoms with E-state index in [1.165, 1.54) is 6.20 Å². The summed E-state index contributed by atoms with van der Waals surface area (Å²) in [7, 11) is 0. The summed E-state index contributed by atoms with van der Waals surface area (Å²) < 4.78 is 1.64. The Hall–Kier alpha value is -1.39. The first-order chi connectivity index (χ1) is 7.20. The predicted octanol–water partition coefficient (Wildman–Crippen LogP) is 1.72. The third-order valence-electron chi connectivity index (χ3n) is 2.05. The van der Waals surface area contributed by atoms with Crippen molar-refractivity contribution >= 4 is 11.6 Å². The normalized spacial score (nSPS) is 10.6. The first kappa shape index (κ1) is 10.1. The van der Waals surface area contributed by atoms with Crippen LogP contribution in [0.4, 0.5) is 0 Å². The van der Waals surface area contributed by atoms with E-state index < -0.39 is 0 Å². The van der Waals surface area contributed by atoms with Crippen LogP contribution in [-0.2, 0) is 6.61 Å². The Morgan fingerprint density at radius 2 is 2.33 bits per heavy atom. The van der Waals surface area contributed by atoms with Crippen molar-refractivity contribution in [2.45, 2.75) is 13.5 Å². The monoisotopic (exact) mass is 223 g/mol. The van der Waals surface area contributed by atoms with Gasteiger partial charge in [-0.2, -0.15) is 5.10 Å². The fourth-order valence-electron chi connectivity index (χ4n) is 1.26. The highest BCUT2D eigenvalue weighted by molar-refractivity contribution is 6.31. The number of pyridine rings is 1. The minimum Gasteiger partial charge on any atom is -0.392 e. The van der Waals surface area contributed by atoms with E-state index in [2.05, 4.69) is 10.1 Å². The molecule has 0 saturated heterocycles. The maximum atomic E-state index is 9.05. The highest BCUT2D eigenvalue weighted by Gasteiger charge is 2.04. The van der Waals surface area contributed by atoms with Gasteiger partial charge >= 0.3 is 0 Å². The van der Waals surface area contributed by atoms with Crippen molar-refractivity contribution in [2.75, 3.05) is 0 Å². The second-order valence-corrected chi connectivity index (χ2v) is 3.60. The molecular weight excluding hydrogens is 214 g/mol. The molecule has 0 aliphatic rings. The van der Waals surface area contributed by atoms with Crippen LogP contribution in [0.25, 0.3) is 5.82 Å². The second kappa shape index (κ2) is 4.00. The number of aryl methyl sites for hydroxylation is 1. The van der Waals surface area contributed by atoms with E-state index >= 15 is 0 Å². The lowest BCUT2D eigenvalue weighted by Gasteiger charge is -2.04. The molecule has 78 valence electrons. The minimum atomic E-state index is -0.103. The third-order valence-corrected chi connectivity index (χ3v) is 2.39. The molecule has 0 bridgehead atoms. The highest BCUT2D eigenvalue weighted by atomic mass is 35.5. The van der Waals surface area contributed by atoms with E-state index in [4.69, 9.17) is 16.7 Å². The van der Waals surface area contributed by atoms with Gasteiger partial charge in [0.25, 0.3) is 0 Å². The molecule has 0 saturated carbocycles. The van der Waals surface area contributed by atoms with Crippen LogP contribution in [0, 0.1) is 6.92 Å². The van der Waals surface area contributed by atoms with Crippen molar-refractivity contribution < 1.29 is 5.11 Å². The van der Waals surface area contributed by atoms with Crippen molar-refractivity contribution in [3.63, 3.8) is 0 Å². The molecule has 0 aromatic carbocycles. The summed E-state index contributed by atoms with van der Waals surface area (Å²) >= 11 is 5.84. The molecule has 0 atom stereocenters. The Bertz CT molecular complexity index is 481. The van der Waals surface area contributed by atoms with Gasteiger partial charge in [-0.1, -0.05) is 11.6 Å². The van der Waals surface area contributed by atoms with E-state index in [1.54, 1.807) is 10.7 Å². The molecule has 0 aliphatic carbocycles. The molecule has 4 nitrogen and oxygen atoms in total. The van der Waals surface area contributed by atoms with Gasteiger partial charge in [0.2, 0.25) is 0 Å². The summed E-state index contributed by atoms with van der Waals surface area (Å²) in [6.07, 6.45) is 3.33. The van der Waals surface area contributed by atoms with Gasteiger partial charge in [-0.3, -0.25) is 0 Å². The largest absolute Gasteiger partial charge is 0.392 e. The van der Waals surface area contributed by atoms with E-state index in [1.807, 2.05) is 19.2 Å². The molecule has 2 rings (SSSR count). The lowest BCUT2D eigenvalue weighted by molar-refractivity contribution is 0.281. The Morgan fingerprint density at radius 1 is 1.53 bits per heavy atom. The average molecular weight is 224 g/mol. The summed E-state index contributed by atoms with van der Waals surface area (Å²) in [5.74, 6) is 0.650. The summed E-state index contributed by atoms with van der Waals surface area (Å²) in [4.78, 5) is 4.13. The second-order valence-electron chi connectivity index (χ2n) is 3.19. The minimum absolute atomic E-state index is 0.103. The lowest BCUT2D eigenvalue weighted by Crippen LogP contribution is -2.00. The van der Waals surface area contributed by atoms with Crippen LogP contribution >= 0.6 is 11.6 Å². The summed E-state index contributed by atoms with van der Waals surface area (Å²) in [5.41, 5.74) is 1.56. The van der Waals surface area contributed by atoms with Crippen molar-refractivity contribution in [1.29, 1.82) is 0 Å². The summed E-state index contributed by atoms with van der Waals surface area (Å²) in [6, 6.07) is 3.60. The first-order valence-corrected chi connectivity index (χ1v) is 4.86. The number of hydrogen-bond donors (Lipinski definition) is 1. The fourth-order valence-corrected chi connectivity index (χ4v) is 1.42. The maximum absolute atomic E-state index is 9.05. The molecule has 2 aromatic rings. The Morgan fingerprint density at radius 3 is 2.93 bits per heavy atom. The van der Waals surface area contributed by atoms with Crippen molar-refractivity contribution in [3.8, 4) is 5.82 Å². The molecule has 0 amide bonds. The summed E-state index contributed by atoms with van der Waals surface area (Å²) in [6.45, 7) is 1.80. The zero-order valence-electron chi connectivity index (χ0n) is 8.18. The molecule has 0 unspecified atom stereocenters. The maximum Gasteiger partial charge on any atom is 0.153 e. The van der Waals surface area contributed by atoms with Crippen molar-refractivity contribution in [3.05, 3.63) is 40.8 Å². The molecule has 15 heavy (non-hydrogen) atoms. The molecule has 0 aliphatic heterocycles. The number of aromatic nitrogens is 3. The smallest absolute Gasteiger partial charge is 0.153 e. The van der Waals surface area contributed by atoms with Gasteiger partial charge in [0.15, 0.2) is 5.82 Å². The first-order valence-electron chi connectivity index (χ1n) is 4.48. The van der Waals surface area contributed by atoms with Gasteiger partial charge in [-0.15, -0.1) is 0 Å². The molecule has 0 spiro atoms. The van der Waals surface area contributed by atoms with Crippen LogP contribution in [0.2, 0.25) is 5.02 Å². The Balaban J connectivity index is 2.45. The summed E-state index contributed by atoms with van der Waals surface area (Å²) in [5, 5.41) is 13.7. The van der Waals surface area contributed by atoms with Gasteiger partial charge in [0, 0.05) is 18.0 Å². The third kappa shape index (κ3) is 2.00. The van der Waals surface area contributed by atoms with E-state index in [-0.39, 0.29) is 6.61 Å². The number of aliphatic hydroxyl groups is 1. The zero-order chi connectivity index (χ0) is 10.8. The molecule has 2 aromatic heterocycles. The molecule has 2 heterocycles. The molecule has 0 fully saturated rings. The van der Waals surface area contributed by atoms with Gasteiger partial charge in [0.1, 0.15) is 0 Å². The van der Waals surface area contributed by atoms with Crippen LogP contribution < -0.4 is 0 Å². The van der Waals surface area contributed by atoms with Crippen LogP contribution in [0.1, 0.15) is 11.3 Å². The fraction of sp³-hybridized carbons (Fsp3) is 0.200. The van der Waals surface area contributed by atoms with Crippen molar-refractivity contribution in [1.82, 2.24) is 14.8 Å². The average Bonchev–Trinajstić information content (AvgIpc) is 2.66. The lowest BCUT2D eigenvalue weighted by atomic mass is 10.3. The quantitative estimate of drug-likeness (QED) is 0.844. The molecule has 5 heteroatoms. The van der Waals surface area contributed by atoms with E-state index in [0.29, 0.717) is 16.4 Å². The van der Waals surface area contributed by atoms with Crippen LogP contribution in [0.3, 0.4) is 0 Å². The van der Waals surface area contributed by atoms with Gasteiger partial charge in [-0.05, 0) is 19.1 Å². The van der Waals surface area contributed by atoms with Gasteiger partial charge in [-0.25, -0.2) is 9.67 Å². The van der Waals surface area contributed by atoms with Gasteiger partial charge < -0.3 is 5.11 Å². The van der Waals surface area contributed by atoms with Crippen molar-refractivity contribution in [2.24, 2.45) is 0 Å². The number of halogens is 1. The van der Waals surface area contributed by atoms with Crippen LogP contribution in [0.15, 0.2) is 24.5 Å². The molecule has 0 radical (unpaired) electrons. The Kier molecular flexibility index (Phi) is 2.70. The Labute approximate surface area is 92.1 Å². The molecular formula is C10H10ClN3O. The standard InChI is InChI=1S/C10H10ClN3O/c1-7-2-3-14(13-7)10-4-8(6-15)9(11)5-12-10/h2-5,15H,6H2,1H3. The number of rotatable bonds is 2. The van der Waals surface area contributed by atoms with E-state index in [0.717, 1.165) is 5.69 Å². The topological polar surface area (TPSA) is 50.9 Å². The number of hydrogen-bond acceptors (Lipinski definition) is 3. The predicted molar refractivity (Wildman–Crippen MR) is 57.0 cm³/mol. The van der Waals surface area contributed by atoms with Crippen LogP contribution in [0.5, 0.6) is 0 Å². The number of aliphatic hydroxyl groups excluding tert-OH is 1. The number of nitrogens with zero attached hydrogens (tertiary/aromatic N) is 3. The highest BCUT2D eigenvalue weighted by Crippen LogP contribution is 2.17. The zero-order valence-corrected chi connectivity index (χ0v) is 8.94.